The van der Waals surface area contributed by atoms with Gasteiger partial charge < -0.3 is 34.1 Å². The number of hydrogen-bond donors (Lipinski definition) is 2. The molecule has 5 rings (SSSR count). The highest BCUT2D eigenvalue weighted by atomic mass is 16.5. The van der Waals surface area contributed by atoms with E-state index in [0.717, 1.165) is 5.56 Å². The molecule has 1 heterocycles. The van der Waals surface area contributed by atoms with Crippen LogP contribution in [0.15, 0.2) is 66.7 Å². The van der Waals surface area contributed by atoms with Crippen LogP contribution in [0, 0.1) is 5.92 Å². The van der Waals surface area contributed by atoms with Gasteiger partial charge in [0.15, 0.2) is 11.2 Å². The number of hydrogen-bond acceptors (Lipinski definition) is 7. The van der Waals surface area contributed by atoms with Crippen molar-refractivity contribution in [3.05, 3.63) is 83.4 Å². The number of rotatable bonds is 6. The summed E-state index contributed by atoms with van der Waals surface area (Å²) in [4.78, 5) is 15.1. The van der Waals surface area contributed by atoms with Gasteiger partial charge in [-0.3, -0.25) is 4.79 Å². The van der Waals surface area contributed by atoms with Gasteiger partial charge in [0, 0.05) is 32.1 Å². The van der Waals surface area contributed by atoms with E-state index in [0.29, 0.717) is 22.8 Å². The van der Waals surface area contributed by atoms with Crippen LogP contribution in [0.1, 0.15) is 22.6 Å². The number of aliphatic hydroxyl groups excluding tert-OH is 1. The Labute approximate surface area is 216 Å². The third kappa shape index (κ3) is 3.32. The minimum atomic E-state index is -2.05. The topological polar surface area (TPSA) is 97.7 Å². The van der Waals surface area contributed by atoms with Crippen molar-refractivity contribution >= 4 is 5.91 Å². The second-order valence-corrected chi connectivity index (χ2v) is 9.63. The van der Waals surface area contributed by atoms with Crippen molar-refractivity contribution in [3.63, 3.8) is 0 Å². The third-order valence-corrected chi connectivity index (χ3v) is 7.68. The normalized spacial score (nSPS) is 27.6. The fourth-order valence-electron chi connectivity index (χ4n) is 6.08. The van der Waals surface area contributed by atoms with E-state index in [9.17, 15) is 15.0 Å². The number of carbonyl (C=O) groups excluding carboxylic acids is 1. The molecule has 1 aliphatic heterocycles. The Morgan fingerprint density at radius 3 is 2.14 bits per heavy atom. The van der Waals surface area contributed by atoms with Gasteiger partial charge in [-0.2, -0.15) is 0 Å². The van der Waals surface area contributed by atoms with Crippen molar-refractivity contribution < 1.29 is 34.0 Å². The first kappa shape index (κ1) is 24.9. The molecule has 0 spiro atoms. The summed E-state index contributed by atoms with van der Waals surface area (Å²) in [7, 11) is 7.84. The number of methoxy groups -OCH3 is 3. The highest BCUT2D eigenvalue weighted by molar-refractivity contribution is 5.83. The van der Waals surface area contributed by atoms with Gasteiger partial charge in [0.2, 0.25) is 5.91 Å². The lowest BCUT2D eigenvalue weighted by molar-refractivity contribution is -0.156. The SMILES string of the molecule is COc1ccc([C@@]23Oc4cc(OC)cc(OC)c4[C@]2(O)[C@H](O)[C@H](C(=O)N(C)C)[C@@H]3c2ccccc2)cc1. The van der Waals surface area contributed by atoms with Crippen LogP contribution in [-0.2, 0) is 16.0 Å². The Bertz CT molecular complexity index is 1310. The molecule has 2 aliphatic rings. The summed E-state index contributed by atoms with van der Waals surface area (Å²) in [6.45, 7) is 0. The maximum atomic E-state index is 13.7. The molecular weight excluding hydrogens is 474 g/mol. The Kier molecular flexibility index (Phi) is 6.04. The van der Waals surface area contributed by atoms with Crippen LogP contribution < -0.4 is 18.9 Å². The minimum Gasteiger partial charge on any atom is -0.497 e. The lowest BCUT2D eigenvalue weighted by atomic mass is 9.70. The first-order chi connectivity index (χ1) is 17.7. The van der Waals surface area contributed by atoms with Crippen LogP contribution in [-0.4, -0.2) is 62.5 Å². The molecule has 1 amide bonds. The van der Waals surface area contributed by atoms with Gasteiger partial charge in [-0.25, -0.2) is 0 Å². The molecule has 3 aromatic carbocycles. The third-order valence-electron chi connectivity index (χ3n) is 7.68. The fraction of sp³-hybridized carbons (Fsp3) is 0.345. The Morgan fingerprint density at radius 1 is 0.919 bits per heavy atom. The number of aliphatic hydroxyl groups is 2. The first-order valence-corrected chi connectivity index (χ1v) is 12.0. The van der Waals surface area contributed by atoms with E-state index in [1.807, 2.05) is 30.3 Å². The zero-order valence-electron chi connectivity index (χ0n) is 21.5. The van der Waals surface area contributed by atoms with Crippen LogP contribution in [0.3, 0.4) is 0 Å². The van der Waals surface area contributed by atoms with Crippen LogP contribution in [0.4, 0.5) is 0 Å². The summed E-state index contributed by atoms with van der Waals surface area (Å²) in [5, 5.41) is 24.8. The maximum absolute atomic E-state index is 13.7. The van der Waals surface area contributed by atoms with Gasteiger partial charge in [-0.05, 0) is 23.3 Å². The molecule has 0 radical (unpaired) electrons. The predicted octanol–water partition coefficient (Wildman–Crippen LogP) is 3.05. The van der Waals surface area contributed by atoms with Crippen molar-refractivity contribution in [3.8, 4) is 23.0 Å². The number of nitrogens with zero attached hydrogens (tertiary/aromatic N) is 1. The van der Waals surface area contributed by atoms with Crippen molar-refractivity contribution in [2.24, 2.45) is 5.92 Å². The Balaban J connectivity index is 1.88. The largest absolute Gasteiger partial charge is 0.497 e. The van der Waals surface area contributed by atoms with E-state index < -0.39 is 29.1 Å². The van der Waals surface area contributed by atoms with Gasteiger partial charge in [0.05, 0.1) is 32.8 Å². The number of ether oxygens (including phenoxy) is 4. The molecule has 1 aliphatic carbocycles. The lowest BCUT2D eigenvalue weighted by Gasteiger charge is -2.41. The van der Waals surface area contributed by atoms with Gasteiger partial charge >= 0.3 is 0 Å². The van der Waals surface area contributed by atoms with Crippen LogP contribution in [0.5, 0.6) is 23.0 Å². The highest BCUT2D eigenvalue weighted by Crippen LogP contribution is 2.70. The van der Waals surface area contributed by atoms with E-state index in [-0.39, 0.29) is 17.2 Å². The molecule has 3 aromatic rings. The number of fused-ring (bicyclic) bond motifs is 3. The molecule has 0 saturated heterocycles. The average molecular weight is 506 g/mol. The van der Waals surface area contributed by atoms with E-state index in [2.05, 4.69) is 0 Å². The van der Waals surface area contributed by atoms with Crippen LogP contribution in [0.25, 0.3) is 0 Å². The quantitative estimate of drug-likeness (QED) is 0.532. The second-order valence-electron chi connectivity index (χ2n) is 9.63. The summed E-state index contributed by atoms with van der Waals surface area (Å²) in [6.07, 6.45) is -1.53. The van der Waals surface area contributed by atoms with Gasteiger partial charge in [0.25, 0.3) is 0 Å². The number of carbonyl (C=O) groups is 1. The Hall–Kier alpha value is -3.75. The summed E-state index contributed by atoms with van der Waals surface area (Å²) >= 11 is 0. The van der Waals surface area contributed by atoms with Crippen molar-refractivity contribution in [2.45, 2.75) is 23.2 Å². The summed E-state index contributed by atoms with van der Waals surface area (Å²) in [6, 6.07) is 19.8. The van der Waals surface area contributed by atoms with Crippen LogP contribution >= 0.6 is 0 Å². The minimum absolute atomic E-state index is 0.272. The molecule has 194 valence electrons. The first-order valence-electron chi connectivity index (χ1n) is 12.0. The van der Waals surface area contributed by atoms with E-state index in [1.165, 1.54) is 19.1 Å². The van der Waals surface area contributed by atoms with Crippen LogP contribution in [0.2, 0.25) is 0 Å². The van der Waals surface area contributed by atoms with Gasteiger partial charge in [-0.1, -0.05) is 42.5 Å². The van der Waals surface area contributed by atoms with E-state index in [4.69, 9.17) is 18.9 Å². The molecule has 0 unspecified atom stereocenters. The van der Waals surface area contributed by atoms with E-state index >= 15 is 0 Å². The second kappa shape index (κ2) is 8.97. The smallest absolute Gasteiger partial charge is 0.228 e. The highest BCUT2D eigenvalue weighted by Gasteiger charge is 2.78. The van der Waals surface area contributed by atoms with Gasteiger partial charge in [-0.15, -0.1) is 0 Å². The molecule has 8 heteroatoms. The molecular formula is C29H31NO7. The average Bonchev–Trinajstić information content (AvgIpc) is 3.30. The number of amides is 1. The van der Waals surface area contributed by atoms with E-state index in [1.54, 1.807) is 57.6 Å². The molecule has 2 N–H and O–H groups in total. The molecule has 0 bridgehead atoms. The zero-order valence-corrected chi connectivity index (χ0v) is 21.5. The Morgan fingerprint density at radius 2 is 1.57 bits per heavy atom. The standard InChI is InChI=1S/C29H31NO7/c1-30(2)27(32)23-24(17-9-7-6-8-10-17)29(18-11-13-19(34-3)14-12-18)28(33,26(23)31)25-21(36-5)15-20(35-4)16-22(25)37-29/h6-16,23-24,26,31,33H,1-5H3/t23-,24+,26-,28+,29+/m1/s1. The zero-order chi connectivity index (χ0) is 26.5. The number of benzene rings is 3. The molecule has 1 fully saturated rings. The lowest BCUT2D eigenvalue weighted by Crippen LogP contribution is -2.52. The molecule has 8 nitrogen and oxygen atoms in total. The van der Waals surface area contributed by atoms with Crippen molar-refractivity contribution in [1.82, 2.24) is 4.90 Å². The molecule has 1 saturated carbocycles. The summed E-state index contributed by atoms with van der Waals surface area (Å²) in [5.41, 5.74) is -2.04. The molecule has 0 aromatic heterocycles. The molecule has 5 atom stereocenters. The maximum Gasteiger partial charge on any atom is 0.228 e. The fourth-order valence-corrected chi connectivity index (χ4v) is 6.08. The monoisotopic (exact) mass is 505 g/mol. The van der Waals surface area contributed by atoms with Gasteiger partial charge in [0.1, 0.15) is 29.1 Å². The summed E-state index contributed by atoms with van der Waals surface area (Å²) in [5.74, 6) is -0.426. The van der Waals surface area contributed by atoms with Crippen molar-refractivity contribution in [2.75, 3.05) is 35.4 Å². The van der Waals surface area contributed by atoms with Crippen molar-refractivity contribution in [1.29, 1.82) is 0 Å². The predicted molar refractivity (Wildman–Crippen MR) is 136 cm³/mol. The summed E-state index contributed by atoms with van der Waals surface area (Å²) < 4.78 is 23.3. The molecule has 37 heavy (non-hydrogen) atoms.